The van der Waals surface area contributed by atoms with E-state index in [1.165, 1.54) is 0 Å². The van der Waals surface area contributed by atoms with Gasteiger partial charge in [-0.1, -0.05) is 19.1 Å². The van der Waals surface area contributed by atoms with Crippen molar-refractivity contribution in [1.29, 1.82) is 0 Å². The highest BCUT2D eigenvalue weighted by Crippen LogP contribution is 2.13. The van der Waals surface area contributed by atoms with Crippen molar-refractivity contribution >= 4 is 11.6 Å². The van der Waals surface area contributed by atoms with Crippen molar-refractivity contribution in [3.8, 4) is 0 Å². The van der Waals surface area contributed by atoms with E-state index in [-0.39, 0.29) is 5.91 Å². The van der Waals surface area contributed by atoms with Crippen LogP contribution in [0.4, 0.5) is 5.69 Å². The Hall–Kier alpha value is -1.35. The molecule has 3 heteroatoms. The van der Waals surface area contributed by atoms with Gasteiger partial charge in [-0.2, -0.15) is 0 Å². The van der Waals surface area contributed by atoms with Crippen molar-refractivity contribution in [1.82, 2.24) is 0 Å². The Morgan fingerprint density at radius 1 is 1.53 bits per heavy atom. The molecule has 1 atom stereocenters. The van der Waals surface area contributed by atoms with Crippen molar-refractivity contribution in [3.05, 3.63) is 29.8 Å². The first-order valence-electron chi connectivity index (χ1n) is 5.12. The molecule has 1 aromatic carbocycles. The second-order valence-corrected chi connectivity index (χ2v) is 4.09. The minimum Gasteiger partial charge on any atom is -0.324 e. The number of carbonyl (C=O) groups excluding carboxylic acids is 1. The maximum atomic E-state index is 11.7. The Labute approximate surface area is 90.7 Å². The van der Waals surface area contributed by atoms with Crippen LogP contribution < -0.4 is 11.1 Å². The maximum absolute atomic E-state index is 11.7. The first-order valence-corrected chi connectivity index (χ1v) is 5.12. The monoisotopic (exact) mass is 206 g/mol. The standard InChI is InChI=1S/C12H18N2O/c1-4-12(3,13)11(15)14-10-7-5-6-9(2)8-10/h5-8H,4,13H2,1-3H3,(H,14,15). The predicted octanol–water partition coefficient (Wildman–Crippen LogP) is 2.06. The lowest BCUT2D eigenvalue weighted by atomic mass is 9.99. The van der Waals surface area contributed by atoms with E-state index in [1.54, 1.807) is 6.92 Å². The number of nitrogens with one attached hydrogen (secondary N) is 1. The molecule has 0 radical (unpaired) electrons. The summed E-state index contributed by atoms with van der Waals surface area (Å²) in [6.07, 6.45) is 0.616. The van der Waals surface area contributed by atoms with E-state index in [0.717, 1.165) is 11.3 Å². The number of hydrogen-bond acceptors (Lipinski definition) is 2. The predicted molar refractivity (Wildman–Crippen MR) is 62.7 cm³/mol. The fourth-order valence-corrected chi connectivity index (χ4v) is 1.16. The normalized spacial score (nSPS) is 14.4. The summed E-state index contributed by atoms with van der Waals surface area (Å²) in [5, 5.41) is 2.81. The Kier molecular flexibility index (Phi) is 3.48. The number of hydrogen-bond donors (Lipinski definition) is 2. The lowest BCUT2D eigenvalue weighted by Crippen LogP contribution is -2.47. The summed E-state index contributed by atoms with van der Waals surface area (Å²) < 4.78 is 0. The molecule has 0 fully saturated rings. The molecule has 0 spiro atoms. The molecule has 0 bridgehead atoms. The summed E-state index contributed by atoms with van der Waals surface area (Å²) in [4.78, 5) is 11.7. The van der Waals surface area contributed by atoms with Gasteiger partial charge in [0.2, 0.25) is 5.91 Å². The fraction of sp³-hybridized carbons (Fsp3) is 0.417. The van der Waals surface area contributed by atoms with E-state index in [1.807, 2.05) is 38.1 Å². The van der Waals surface area contributed by atoms with Gasteiger partial charge in [0.05, 0.1) is 5.54 Å². The molecule has 0 heterocycles. The van der Waals surface area contributed by atoms with Crippen molar-refractivity contribution in [2.24, 2.45) is 5.73 Å². The van der Waals surface area contributed by atoms with Crippen LogP contribution in [0.5, 0.6) is 0 Å². The first-order chi connectivity index (χ1) is 6.95. The van der Waals surface area contributed by atoms with Crippen LogP contribution in [0.25, 0.3) is 0 Å². The molecule has 0 saturated carbocycles. The van der Waals surface area contributed by atoms with Crippen molar-refractivity contribution in [3.63, 3.8) is 0 Å². The number of rotatable bonds is 3. The maximum Gasteiger partial charge on any atom is 0.244 e. The molecule has 1 unspecified atom stereocenters. The van der Waals surface area contributed by atoms with Crippen molar-refractivity contribution in [2.75, 3.05) is 5.32 Å². The summed E-state index contributed by atoms with van der Waals surface area (Å²) in [5.74, 6) is -0.143. The second-order valence-electron chi connectivity index (χ2n) is 4.09. The first kappa shape index (κ1) is 11.7. The number of nitrogens with two attached hydrogens (primary N) is 1. The largest absolute Gasteiger partial charge is 0.324 e. The number of aryl methyl sites for hydroxylation is 1. The SMILES string of the molecule is CCC(C)(N)C(=O)Nc1cccc(C)c1. The van der Waals surface area contributed by atoms with Gasteiger partial charge in [0.25, 0.3) is 0 Å². The molecule has 82 valence electrons. The van der Waals surface area contributed by atoms with Crippen molar-refractivity contribution < 1.29 is 4.79 Å². The quantitative estimate of drug-likeness (QED) is 0.795. The van der Waals surface area contributed by atoms with E-state index in [9.17, 15) is 4.79 Å². The zero-order chi connectivity index (χ0) is 11.5. The molecule has 0 saturated heterocycles. The third-order valence-corrected chi connectivity index (χ3v) is 2.53. The van der Waals surface area contributed by atoms with E-state index in [2.05, 4.69) is 5.32 Å². The summed E-state index contributed by atoms with van der Waals surface area (Å²) in [7, 11) is 0. The van der Waals surface area contributed by atoms with Gasteiger partial charge in [0, 0.05) is 5.69 Å². The van der Waals surface area contributed by atoms with Crippen molar-refractivity contribution in [2.45, 2.75) is 32.7 Å². The van der Waals surface area contributed by atoms with Gasteiger partial charge in [-0.05, 0) is 38.0 Å². The van der Waals surface area contributed by atoms with Crippen LogP contribution in [-0.2, 0) is 4.79 Å². The topological polar surface area (TPSA) is 55.1 Å². The molecule has 15 heavy (non-hydrogen) atoms. The molecular formula is C12H18N2O. The highest BCUT2D eigenvalue weighted by molar-refractivity contribution is 5.97. The summed E-state index contributed by atoms with van der Waals surface area (Å²) in [6, 6.07) is 7.67. The Morgan fingerprint density at radius 3 is 2.73 bits per heavy atom. The summed E-state index contributed by atoms with van der Waals surface area (Å²) >= 11 is 0. The smallest absolute Gasteiger partial charge is 0.244 e. The molecule has 0 aliphatic carbocycles. The van der Waals surface area contributed by atoms with E-state index in [0.29, 0.717) is 6.42 Å². The van der Waals surface area contributed by atoms with E-state index in [4.69, 9.17) is 5.73 Å². The summed E-state index contributed by atoms with van der Waals surface area (Å²) in [6.45, 7) is 5.62. The Bertz CT molecular complexity index is 358. The van der Waals surface area contributed by atoms with Gasteiger partial charge in [-0.3, -0.25) is 4.79 Å². The molecule has 0 aliphatic rings. The zero-order valence-electron chi connectivity index (χ0n) is 9.50. The molecule has 3 nitrogen and oxygen atoms in total. The molecule has 1 rings (SSSR count). The zero-order valence-corrected chi connectivity index (χ0v) is 9.50. The Morgan fingerprint density at radius 2 is 2.20 bits per heavy atom. The third kappa shape index (κ3) is 3.06. The fourth-order valence-electron chi connectivity index (χ4n) is 1.16. The van der Waals surface area contributed by atoms with Gasteiger partial charge in [0.1, 0.15) is 0 Å². The number of amides is 1. The van der Waals surface area contributed by atoms with E-state index >= 15 is 0 Å². The minimum absolute atomic E-state index is 0.143. The van der Waals surface area contributed by atoms with Crippen LogP contribution in [0.2, 0.25) is 0 Å². The highest BCUT2D eigenvalue weighted by atomic mass is 16.2. The number of benzene rings is 1. The molecule has 1 amide bonds. The second kappa shape index (κ2) is 4.45. The molecule has 3 N–H and O–H groups in total. The average molecular weight is 206 g/mol. The molecule has 0 aliphatic heterocycles. The van der Waals surface area contributed by atoms with Crippen LogP contribution in [0.3, 0.4) is 0 Å². The Balaban J connectivity index is 2.75. The third-order valence-electron chi connectivity index (χ3n) is 2.53. The minimum atomic E-state index is -0.802. The van der Waals surface area contributed by atoms with Crippen LogP contribution in [-0.4, -0.2) is 11.4 Å². The molecule has 1 aromatic rings. The number of anilines is 1. The van der Waals surface area contributed by atoms with Crippen LogP contribution in [0.15, 0.2) is 24.3 Å². The average Bonchev–Trinajstić information content (AvgIpc) is 2.17. The van der Waals surface area contributed by atoms with Gasteiger partial charge in [0.15, 0.2) is 0 Å². The number of carbonyl (C=O) groups is 1. The lowest BCUT2D eigenvalue weighted by Gasteiger charge is -2.21. The molecular weight excluding hydrogens is 188 g/mol. The van der Waals surface area contributed by atoms with E-state index < -0.39 is 5.54 Å². The molecule has 0 aromatic heterocycles. The van der Waals surface area contributed by atoms with Gasteiger partial charge in [-0.25, -0.2) is 0 Å². The van der Waals surface area contributed by atoms with Gasteiger partial charge < -0.3 is 11.1 Å². The van der Waals surface area contributed by atoms with Crippen LogP contribution >= 0.6 is 0 Å². The van der Waals surface area contributed by atoms with Gasteiger partial charge >= 0.3 is 0 Å². The highest BCUT2D eigenvalue weighted by Gasteiger charge is 2.25. The lowest BCUT2D eigenvalue weighted by molar-refractivity contribution is -0.120. The van der Waals surface area contributed by atoms with Crippen LogP contribution in [0.1, 0.15) is 25.8 Å². The van der Waals surface area contributed by atoms with Gasteiger partial charge in [-0.15, -0.1) is 0 Å². The summed E-state index contributed by atoms with van der Waals surface area (Å²) in [5.41, 5.74) is 6.94. The van der Waals surface area contributed by atoms with Crippen LogP contribution in [0, 0.1) is 6.92 Å².